The van der Waals surface area contributed by atoms with Gasteiger partial charge in [0.05, 0.1) is 12.0 Å². The number of piperidine rings is 1. The summed E-state index contributed by atoms with van der Waals surface area (Å²) in [4.78, 5) is 38.8. The molecule has 2 aromatic rings. The first-order valence-electron chi connectivity index (χ1n) is 12.3. The molecule has 3 aliphatic rings. The van der Waals surface area contributed by atoms with E-state index < -0.39 is 24.0 Å². The van der Waals surface area contributed by atoms with Gasteiger partial charge in [-0.25, -0.2) is 9.59 Å². The third-order valence-electron chi connectivity index (χ3n) is 7.43. The third kappa shape index (κ3) is 4.55. The first kappa shape index (κ1) is 23.1. The van der Waals surface area contributed by atoms with Crippen molar-refractivity contribution < 1.29 is 24.2 Å². The lowest BCUT2D eigenvalue weighted by Gasteiger charge is -2.37. The Morgan fingerprint density at radius 3 is 2.31 bits per heavy atom. The molecule has 4 atom stereocenters. The number of ether oxygens (including phenoxy) is 1. The molecule has 2 N–H and O–H groups in total. The second-order valence-electron chi connectivity index (χ2n) is 9.83. The predicted molar refractivity (Wildman–Crippen MR) is 131 cm³/mol. The number of carbonyl (C=O) groups is 3. The predicted octanol–water partition coefficient (Wildman–Crippen LogP) is 4.18. The SMILES string of the molecule is CC1CCC(C(=O)O)N(C(=O)C2C=CC(NC(=O)OCC3c4ccccc4-c4ccccc43)C2)C1. The van der Waals surface area contributed by atoms with Gasteiger partial charge in [-0.2, -0.15) is 0 Å². The summed E-state index contributed by atoms with van der Waals surface area (Å²) in [7, 11) is 0. The number of alkyl carbamates (subject to hydrolysis) is 1. The molecule has 1 fully saturated rings. The molecule has 0 saturated carbocycles. The molecule has 1 heterocycles. The maximum atomic E-state index is 13.1. The first-order valence-corrected chi connectivity index (χ1v) is 12.3. The highest BCUT2D eigenvalue weighted by Gasteiger charge is 2.38. The summed E-state index contributed by atoms with van der Waals surface area (Å²) in [6.07, 6.45) is 4.72. The molecule has 2 amide bonds. The zero-order valence-corrected chi connectivity index (χ0v) is 19.7. The topological polar surface area (TPSA) is 95.9 Å². The fourth-order valence-corrected chi connectivity index (χ4v) is 5.65. The Hall–Kier alpha value is -3.61. The van der Waals surface area contributed by atoms with Crippen LogP contribution in [0.25, 0.3) is 11.1 Å². The average Bonchev–Trinajstić information content (AvgIpc) is 3.44. The number of benzene rings is 2. The van der Waals surface area contributed by atoms with Crippen LogP contribution < -0.4 is 5.32 Å². The number of carboxylic acids is 1. The van der Waals surface area contributed by atoms with Crippen molar-refractivity contribution in [2.45, 2.75) is 44.2 Å². The van der Waals surface area contributed by atoms with Gasteiger partial charge in [-0.05, 0) is 47.4 Å². The van der Waals surface area contributed by atoms with Crippen molar-refractivity contribution in [2.75, 3.05) is 13.2 Å². The lowest BCUT2D eigenvalue weighted by Crippen LogP contribution is -2.52. The highest BCUT2D eigenvalue weighted by atomic mass is 16.5. The van der Waals surface area contributed by atoms with Crippen molar-refractivity contribution in [2.24, 2.45) is 11.8 Å². The quantitative estimate of drug-likeness (QED) is 0.634. The van der Waals surface area contributed by atoms with E-state index in [4.69, 9.17) is 4.74 Å². The van der Waals surface area contributed by atoms with Crippen LogP contribution in [0, 0.1) is 11.8 Å². The highest BCUT2D eigenvalue weighted by molar-refractivity contribution is 5.87. The molecule has 1 aliphatic heterocycles. The lowest BCUT2D eigenvalue weighted by atomic mass is 9.92. The number of carboxylic acid groups (broad SMARTS) is 1. The van der Waals surface area contributed by atoms with Crippen LogP contribution in [-0.4, -0.2) is 53.2 Å². The second kappa shape index (κ2) is 9.56. The Bertz CT molecular complexity index is 1130. The van der Waals surface area contributed by atoms with Gasteiger partial charge in [-0.15, -0.1) is 0 Å². The van der Waals surface area contributed by atoms with Crippen molar-refractivity contribution in [1.29, 1.82) is 0 Å². The van der Waals surface area contributed by atoms with Gasteiger partial charge in [-0.3, -0.25) is 4.79 Å². The van der Waals surface area contributed by atoms with E-state index in [0.29, 0.717) is 19.4 Å². The summed E-state index contributed by atoms with van der Waals surface area (Å²) in [5.41, 5.74) is 4.64. The zero-order chi connectivity index (χ0) is 24.5. The van der Waals surface area contributed by atoms with Gasteiger partial charge in [-0.1, -0.05) is 67.6 Å². The van der Waals surface area contributed by atoms with E-state index in [1.54, 1.807) is 12.2 Å². The Morgan fingerprint density at radius 1 is 1.00 bits per heavy atom. The minimum absolute atomic E-state index is 0.0179. The van der Waals surface area contributed by atoms with Crippen LogP contribution in [-0.2, 0) is 14.3 Å². The zero-order valence-electron chi connectivity index (χ0n) is 19.7. The van der Waals surface area contributed by atoms with Crippen molar-refractivity contribution in [3.63, 3.8) is 0 Å². The van der Waals surface area contributed by atoms with Gasteiger partial charge in [0.2, 0.25) is 5.91 Å². The molecule has 0 radical (unpaired) electrons. The van der Waals surface area contributed by atoms with E-state index >= 15 is 0 Å². The van der Waals surface area contributed by atoms with E-state index in [0.717, 1.165) is 17.5 Å². The molecule has 35 heavy (non-hydrogen) atoms. The molecule has 0 spiro atoms. The Kier molecular flexibility index (Phi) is 6.32. The number of nitrogens with zero attached hydrogens (tertiary/aromatic N) is 1. The largest absolute Gasteiger partial charge is 0.480 e. The monoisotopic (exact) mass is 474 g/mol. The molecule has 4 unspecified atom stereocenters. The maximum absolute atomic E-state index is 13.1. The van der Waals surface area contributed by atoms with Crippen LogP contribution in [0.5, 0.6) is 0 Å². The van der Waals surface area contributed by atoms with Gasteiger partial charge >= 0.3 is 12.1 Å². The summed E-state index contributed by atoms with van der Waals surface area (Å²) in [6, 6.07) is 15.2. The van der Waals surface area contributed by atoms with Gasteiger partial charge in [0.1, 0.15) is 12.6 Å². The molecule has 0 aromatic heterocycles. The summed E-state index contributed by atoms with van der Waals surface area (Å²) < 4.78 is 5.62. The molecule has 2 aliphatic carbocycles. The standard InChI is InChI=1S/C28H30N2O5/c1-17-10-13-25(27(32)33)30(15-17)26(31)18-11-12-19(14-18)29-28(34)35-16-24-22-8-4-2-6-20(22)21-7-3-5-9-23(21)24/h2-9,11-12,17-19,24-25H,10,13-16H2,1H3,(H,29,34)(H,32,33). The molecule has 182 valence electrons. The molecule has 0 bridgehead atoms. The van der Waals surface area contributed by atoms with E-state index in [1.807, 2.05) is 31.2 Å². The van der Waals surface area contributed by atoms with Crippen molar-refractivity contribution in [3.05, 3.63) is 71.8 Å². The fourth-order valence-electron chi connectivity index (χ4n) is 5.65. The number of fused-ring (bicyclic) bond motifs is 3. The summed E-state index contributed by atoms with van der Waals surface area (Å²) in [6.45, 7) is 2.71. The van der Waals surface area contributed by atoms with Crippen molar-refractivity contribution in [1.82, 2.24) is 10.2 Å². The number of amides is 2. The number of hydrogen-bond acceptors (Lipinski definition) is 4. The Labute approximate surface area is 204 Å². The minimum Gasteiger partial charge on any atom is -0.480 e. The Balaban J connectivity index is 1.17. The molecule has 7 heteroatoms. The molecule has 7 nitrogen and oxygen atoms in total. The second-order valence-corrected chi connectivity index (χ2v) is 9.83. The number of aliphatic carboxylic acids is 1. The number of rotatable bonds is 5. The smallest absolute Gasteiger partial charge is 0.407 e. The summed E-state index contributed by atoms with van der Waals surface area (Å²) >= 11 is 0. The van der Waals surface area contributed by atoms with Crippen LogP contribution in [0.4, 0.5) is 4.79 Å². The van der Waals surface area contributed by atoms with Gasteiger partial charge in [0, 0.05) is 12.5 Å². The van der Waals surface area contributed by atoms with Crippen LogP contribution in [0.3, 0.4) is 0 Å². The summed E-state index contributed by atoms with van der Waals surface area (Å²) in [5.74, 6) is -1.33. The number of nitrogens with one attached hydrogen (secondary N) is 1. The van der Waals surface area contributed by atoms with Gasteiger partial charge < -0.3 is 20.1 Å². The third-order valence-corrected chi connectivity index (χ3v) is 7.43. The molecule has 1 saturated heterocycles. The maximum Gasteiger partial charge on any atom is 0.407 e. The molecule has 2 aromatic carbocycles. The number of hydrogen-bond donors (Lipinski definition) is 2. The van der Waals surface area contributed by atoms with Crippen molar-refractivity contribution >= 4 is 18.0 Å². The highest BCUT2D eigenvalue weighted by Crippen LogP contribution is 2.44. The first-order chi connectivity index (χ1) is 16.9. The minimum atomic E-state index is -0.958. The van der Waals surface area contributed by atoms with Crippen molar-refractivity contribution in [3.8, 4) is 11.1 Å². The Morgan fingerprint density at radius 2 is 1.66 bits per heavy atom. The average molecular weight is 475 g/mol. The van der Waals surface area contributed by atoms with E-state index in [2.05, 4.69) is 29.6 Å². The summed E-state index contributed by atoms with van der Waals surface area (Å²) in [5, 5.41) is 12.4. The van der Waals surface area contributed by atoms with E-state index in [-0.39, 0.29) is 30.4 Å². The van der Waals surface area contributed by atoms with Crippen LogP contribution >= 0.6 is 0 Å². The number of carbonyl (C=O) groups excluding carboxylic acids is 2. The van der Waals surface area contributed by atoms with Gasteiger partial charge in [0.15, 0.2) is 0 Å². The van der Waals surface area contributed by atoms with Gasteiger partial charge in [0.25, 0.3) is 0 Å². The molecule has 5 rings (SSSR count). The van der Waals surface area contributed by atoms with Crippen LogP contribution in [0.15, 0.2) is 60.7 Å². The van der Waals surface area contributed by atoms with E-state index in [9.17, 15) is 19.5 Å². The normalized spacial score (nSPS) is 25.1. The molecular weight excluding hydrogens is 444 g/mol. The fraction of sp³-hybridized carbons (Fsp3) is 0.393. The number of likely N-dealkylation sites (tertiary alicyclic amines) is 1. The van der Waals surface area contributed by atoms with Crippen LogP contribution in [0.1, 0.15) is 43.2 Å². The molecular formula is C28H30N2O5. The van der Waals surface area contributed by atoms with E-state index in [1.165, 1.54) is 16.0 Å². The van der Waals surface area contributed by atoms with Crippen LogP contribution in [0.2, 0.25) is 0 Å². The lowest BCUT2D eigenvalue weighted by molar-refractivity contribution is -0.154.